The van der Waals surface area contributed by atoms with Crippen LogP contribution in [0.3, 0.4) is 0 Å². The van der Waals surface area contributed by atoms with Gasteiger partial charge in [0.2, 0.25) is 5.91 Å². The van der Waals surface area contributed by atoms with Crippen LogP contribution in [0.5, 0.6) is 0 Å². The molecule has 1 aliphatic heterocycles. The number of amides is 3. The molecule has 0 saturated carbocycles. The van der Waals surface area contributed by atoms with Gasteiger partial charge in [-0.25, -0.2) is 4.79 Å². The fraction of sp³-hybridized carbons (Fsp3) is 0.500. The molecule has 2 N–H and O–H groups in total. The molecule has 7 nitrogen and oxygen atoms in total. The summed E-state index contributed by atoms with van der Waals surface area (Å²) in [4.78, 5) is 38.3. The normalized spacial score (nSPS) is 14.9. The SMILES string of the molecule is CN(C)C(=O)N1CCC(C(=O)Nc2cccc(CCC(=O)O)c2)CC1. The van der Waals surface area contributed by atoms with Gasteiger partial charge in [0.1, 0.15) is 0 Å². The van der Waals surface area contributed by atoms with Gasteiger partial charge in [-0.15, -0.1) is 0 Å². The molecular formula is C18H25N3O4. The van der Waals surface area contributed by atoms with E-state index in [2.05, 4.69) is 5.32 Å². The fourth-order valence-corrected chi connectivity index (χ4v) is 2.92. The van der Waals surface area contributed by atoms with E-state index in [1.54, 1.807) is 30.0 Å². The second kappa shape index (κ2) is 8.50. The number of carbonyl (C=O) groups is 3. The van der Waals surface area contributed by atoms with Crippen molar-refractivity contribution in [2.45, 2.75) is 25.7 Å². The van der Waals surface area contributed by atoms with Gasteiger partial charge in [-0.3, -0.25) is 9.59 Å². The first kappa shape index (κ1) is 18.8. The molecule has 7 heteroatoms. The van der Waals surface area contributed by atoms with Gasteiger partial charge in [-0.05, 0) is 37.0 Å². The number of hydrogen-bond donors (Lipinski definition) is 2. The zero-order valence-electron chi connectivity index (χ0n) is 14.7. The van der Waals surface area contributed by atoms with E-state index in [0.29, 0.717) is 38.0 Å². The van der Waals surface area contributed by atoms with Gasteiger partial charge in [0.05, 0.1) is 0 Å². The summed E-state index contributed by atoms with van der Waals surface area (Å²) in [6.07, 6.45) is 1.79. The number of carboxylic acid groups (broad SMARTS) is 1. The van der Waals surface area contributed by atoms with Gasteiger partial charge in [0.25, 0.3) is 0 Å². The van der Waals surface area contributed by atoms with E-state index in [4.69, 9.17) is 5.11 Å². The maximum Gasteiger partial charge on any atom is 0.319 e. The molecule has 1 aromatic rings. The molecule has 3 amide bonds. The average molecular weight is 347 g/mol. The second-order valence-electron chi connectivity index (χ2n) is 6.52. The number of nitrogens with one attached hydrogen (secondary N) is 1. The highest BCUT2D eigenvalue weighted by atomic mass is 16.4. The van der Waals surface area contributed by atoms with E-state index in [0.717, 1.165) is 5.56 Å². The molecule has 1 saturated heterocycles. The summed E-state index contributed by atoms with van der Waals surface area (Å²) in [6.45, 7) is 1.15. The topological polar surface area (TPSA) is 90.0 Å². The van der Waals surface area contributed by atoms with E-state index in [1.807, 2.05) is 18.2 Å². The van der Waals surface area contributed by atoms with E-state index in [9.17, 15) is 14.4 Å². The standard InChI is InChI=1S/C18H25N3O4/c1-20(2)18(25)21-10-8-14(9-11-21)17(24)19-15-5-3-4-13(12-15)6-7-16(22)23/h3-5,12,14H,6-11H2,1-2H3,(H,19,24)(H,22,23). The Labute approximate surface area is 147 Å². The summed E-state index contributed by atoms with van der Waals surface area (Å²) in [6, 6.07) is 7.25. The number of anilines is 1. The van der Waals surface area contributed by atoms with Crippen LogP contribution in [-0.2, 0) is 16.0 Å². The summed E-state index contributed by atoms with van der Waals surface area (Å²) >= 11 is 0. The number of aliphatic carboxylic acids is 1. The Balaban J connectivity index is 1.87. The van der Waals surface area contributed by atoms with Crippen molar-refractivity contribution in [1.82, 2.24) is 9.80 Å². The zero-order valence-corrected chi connectivity index (χ0v) is 14.7. The number of hydrogen-bond acceptors (Lipinski definition) is 3. The number of carbonyl (C=O) groups excluding carboxylic acids is 2. The van der Waals surface area contributed by atoms with Gasteiger partial charge in [0, 0.05) is 45.2 Å². The summed E-state index contributed by atoms with van der Waals surface area (Å²) in [7, 11) is 3.44. The Kier molecular flexibility index (Phi) is 6.38. The molecule has 0 aromatic heterocycles. The number of urea groups is 1. The highest BCUT2D eigenvalue weighted by molar-refractivity contribution is 5.92. The third kappa shape index (κ3) is 5.48. The third-order valence-corrected chi connectivity index (χ3v) is 4.34. The van der Waals surface area contributed by atoms with E-state index >= 15 is 0 Å². The number of carboxylic acids is 1. The summed E-state index contributed by atoms with van der Waals surface area (Å²) in [5.74, 6) is -1.00. The van der Waals surface area contributed by atoms with Crippen molar-refractivity contribution >= 4 is 23.6 Å². The molecule has 0 aliphatic carbocycles. The molecule has 0 radical (unpaired) electrons. The maximum absolute atomic E-state index is 12.4. The van der Waals surface area contributed by atoms with Crippen molar-refractivity contribution in [3.8, 4) is 0 Å². The highest BCUT2D eigenvalue weighted by Gasteiger charge is 2.28. The molecule has 1 aromatic carbocycles. The van der Waals surface area contributed by atoms with Gasteiger partial charge < -0.3 is 20.2 Å². The minimum Gasteiger partial charge on any atom is -0.481 e. The van der Waals surface area contributed by atoms with Crippen molar-refractivity contribution in [2.75, 3.05) is 32.5 Å². The van der Waals surface area contributed by atoms with E-state index in [-0.39, 0.29) is 24.3 Å². The third-order valence-electron chi connectivity index (χ3n) is 4.34. The lowest BCUT2D eigenvalue weighted by Crippen LogP contribution is -2.45. The smallest absolute Gasteiger partial charge is 0.319 e. The summed E-state index contributed by atoms with van der Waals surface area (Å²) in [5, 5.41) is 11.7. The number of piperidine rings is 1. The predicted molar refractivity (Wildman–Crippen MR) is 94.4 cm³/mol. The van der Waals surface area contributed by atoms with Crippen molar-refractivity contribution in [3.05, 3.63) is 29.8 Å². The van der Waals surface area contributed by atoms with Crippen molar-refractivity contribution in [2.24, 2.45) is 5.92 Å². The molecule has 25 heavy (non-hydrogen) atoms. The number of rotatable bonds is 5. The average Bonchev–Trinajstić information content (AvgIpc) is 2.59. The second-order valence-corrected chi connectivity index (χ2v) is 6.52. The molecule has 0 unspecified atom stereocenters. The molecule has 0 bridgehead atoms. The van der Waals surface area contributed by atoms with Crippen LogP contribution >= 0.6 is 0 Å². The molecule has 2 rings (SSSR count). The van der Waals surface area contributed by atoms with Gasteiger partial charge in [-0.2, -0.15) is 0 Å². The minimum absolute atomic E-state index is 0.0232. The molecule has 0 atom stereocenters. The Morgan fingerprint density at radius 3 is 2.52 bits per heavy atom. The fourth-order valence-electron chi connectivity index (χ4n) is 2.92. The van der Waals surface area contributed by atoms with Crippen LogP contribution in [0.2, 0.25) is 0 Å². The molecular weight excluding hydrogens is 322 g/mol. The maximum atomic E-state index is 12.4. The van der Waals surface area contributed by atoms with Crippen LogP contribution in [0.4, 0.5) is 10.5 Å². The van der Waals surface area contributed by atoms with E-state index < -0.39 is 5.97 Å². The van der Waals surface area contributed by atoms with Crippen LogP contribution in [-0.4, -0.2) is 60.0 Å². The first-order valence-corrected chi connectivity index (χ1v) is 8.44. The minimum atomic E-state index is -0.839. The lowest BCUT2D eigenvalue weighted by atomic mass is 9.96. The molecule has 136 valence electrons. The lowest BCUT2D eigenvalue weighted by molar-refractivity contribution is -0.137. The predicted octanol–water partition coefficient (Wildman–Crippen LogP) is 2.04. The summed E-state index contributed by atoms with van der Waals surface area (Å²) in [5.41, 5.74) is 1.56. The monoisotopic (exact) mass is 347 g/mol. The molecule has 1 fully saturated rings. The van der Waals surface area contributed by atoms with Crippen LogP contribution in [0.15, 0.2) is 24.3 Å². The largest absolute Gasteiger partial charge is 0.481 e. The molecule has 0 spiro atoms. The first-order chi connectivity index (χ1) is 11.9. The Bertz CT molecular complexity index is 637. The van der Waals surface area contributed by atoms with Crippen LogP contribution in [0, 0.1) is 5.92 Å². The Morgan fingerprint density at radius 2 is 1.92 bits per heavy atom. The van der Waals surface area contributed by atoms with Crippen LogP contribution in [0.1, 0.15) is 24.8 Å². The van der Waals surface area contributed by atoms with E-state index in [1.165, 1.54) is 0 Å². The zero-order chi connectivity index (χ0) is 18.4. The van der Waals surface area contributed by atoms with Crippen molar-refractivity contribution < 1.29 is 19.5 Å². The summed E-state index contributed by atoms with van der Waals surface area (Å²) < 4.78 is 0. The lowest BCUT2D eigenvalue weighted by Gasteiger charge is -2.33. The first-order valence-electron chi connectivity index (χ1n) is 8.44. The Hall–Kier alpha value is -2.57. The highest BCUT2D eigenvalue weighted by Crippen LogP contribution is 2.21. The van der Waals surface area contributed by atoms with Crippen LogP contribution in [0.25, 0.3) is 0 Å². The molecule has 1 aliphatic rings. The number of nitrogens with zero attached hydrogens (tertiary/aromatic N) is 2. The Morgan fingerprint density at radius 1 is 1.24 bits per heavy atom. The number of benzene rings is 1. The molecule has 1 heterocycles. The van der Waals surface area contributed by atoms with Gasteiger partial charge >= 0.3 is 12.0 Å². The van der Waals surface area contributed by atoms with Gasteiger partial charge in [-0.1, -0.05) is 12.1 Å². The quantitative estimate of drug-likeness (QED) is 0.853. The van der Waals surface area contributed by atoms with Crippen molar-refractivity contribution in [3.63, 3.8) is 0 Å². The van der Waals surface area contributed by atoms with Crippen LogP contribution < -0.4 is 5.32 Å². The number of aryl methyl sites for hydroxylation is 1. The van der Waals surface area contributed by atoms with Crippen molar-refractivity contribution in [1.29, 1.82) is 0 Å². The number of likely N-dealkylation sites (tertiary alicyclic amines) is 1. The van der Waals surface area contributed by atoms with Gasteiger partial charge in [0.15, 0.2) is 0 Å².